The fourth-order valence-corrected chi connectivity index (χ4v) is 3.61. The van der Waals surface area contributed by atoms with Gasteiger partial charge in [0.05, 0.1) is 6.42 Å². The van der Waals surface area contributed by atoms with Crippen LogP contribution in [0.2, 0.25) is 0 Å². The molecule has 32 heavy (non-hydrogen) atoms. The van der Waals surface area contributed by atoms with Crippen molar-refractivity contribution in [1.82, 2.24) is 10.2 Å². The van der Waals surface area contributed by atoms with Crippen molar-refractivity contribution in [2.45, 2.75) is 38.8 Å². The second-order valence-corrected chi connectivity index (χ2v) is 7.77. The van der Waals surface area contributed by atoms with E-state index < -0.39 is 11.9 Å². The molecule has 0 aliphatic carbocycles. The van der Waals surface area contributed by atoms with E-state index in [2.05, 4.69) is 5.32 Å². The first-order valence-electron chi connectivity index (χ1n) is 11.0. The molecule has 3 aromatic rings. The summed E-state index contributed by atoms with van der Waals surface area (Å²) in [5.74, 6) is -0.907. The standard InChI is InChI=1S/C27H29FN2O2/c1-2-17-29-27(32)25(18-21-11-5-3-6-12-21)30(20-22-13-7-4-8-14-22)26(31)19-23-15-9-10-16-24(23)28/h3-16,25H,2,17-20H2,1H3,(H,29,32)/t25-/m1/s1. The van der Waals surface area contributed by atoms with Crippen LogP contribution in [0.25, 0.3) is 0 Å². The zero-order chi connectivity index (χ0) is 22.8. The number of hydrogen-bond donors (Lipinski definition) is 1. The first kappa shape index (κ1) is 23.2. The lowest BCUT2D eigenvalue weighted by Crippen LogP contribution is -2.51. The van der Waals surface area contributed by atoms with Gasteiger partial charge in [-0.1, -0.05) is 85.8 Å². The number of carbonyl (C=O) groups is 2. The Balaban J connectivity index is 1.94. The van der Waals surface area contributed by atoms with Gasteiger partial charge in [-0.05, 0) is 29.2 Å². The number of carbonyl (C=O) groups excluding carboxylic acids is 2. The molecule has 0 saturated carbocycles. The zero-order valence-corrected chi connectivity index (χ0v) is 18.3. The highest BCUT2D eigenvalue weighted by molar-refractivity contribution is 5.88. The van der Waals surface area contributed by atoms with Crippen molar-refractivity contribution in [3.05, 3.63) is 107 Å². The third kappa shape index (κ3) is 6.51. The highest BCUT2D eigenvalue weighted by Crippen LogP contribution is 2.17. The van der Waals surface area contributed by atoms with Crippen molar-refractivity contribution in [3.8, 4) is 0 Å². The molecule has 0 unspecified atom stereocenters. The van der Waals surface area contributed by atoms with Gasteiger partial charge in [-0.2, -0.15) is 0 Å². The average Bonchev–Trinajstić information content (AvgIpc) is 2.82. The van der Waals surface area contributed by atoms with Crippen LogP contribution in [0.4, 0.5) is 4.39 Å². The van der Waals surface area contributed by atoms with Gasteiger partial charge in [-0.3, -0.25) is 9.59 Å². The summed E-state index contributed by atoms with van der Waals surface area (Å²) < 4.78 is 14.3. The highest BCUT2D eigenvalue weighted by atomic mass is 19.1. The van der Waals surface area contributed by atoms with Crippen LogP contribution < -0.4 is 5.32 Å². The van der Waals surface area contributed by atoms with Gasteiger partial charge in [-0.25, -0.2) is 4.39 Å². The molecular formula is C27H29FN2O2. The smallest absolute Gasteiger partial charge is 0.243 e. The molecule has 0 aliphatic heterocycles. The summed E-state index contributed by atoms with van der Waals surface area (Å²) in [5, 5.41) is 2.94. The molecule has 0 heterocycles. The topological polar surface area (TPSA) is 49.4 Å². The lowest BCUT2D eigenvalue weighted by molar-refractivity contribution is -0.140. The number of hydrogen-bond acceptors (Lipinski definition) is 2. The van der Waals surface area contributed by atoms with Crippen LogP contribution in [0.5, 0.6) is 0 Å². The molecule has 4 nitrogen and oxygen atoms in total. The quantitative estimate of drug-likeness (QED) is 0.512. The summed E-state index contributed by atoms with van der Waals surface area (Å²) in [6, 6.07) is 24.8. The third-order valence-electron chi connectivity index (χ3n) is 5.32. The molecule has 166 valence electrons. The van der Waals surface area contributed by atoms with Gasteiger partial charge in [0.25, 0.3) is 0 Å². The fraction of sp³-hybridized carbons (Fsp3) is 0.259. The molecule has 3 rings (SSSR count). The van der Waals surface area contributed by atoms with E-state index in [1.165, 1.54) is 6.07 Å². The molecular weight excluding hydrogens is 403 g/mol. The van der Waals surface area contributed by atoms with Crippen molar-refractivity contribution in [1.29, 1.82) is 0 Å². The summed E-state index contributed by atoms with van der Waals surface area (Å²) in [7, 11) is 0. The lowest BCUT2D eigenvalue weighted by atomic mass is 10.0. The van der Waals surface area contributed by atoms with Gasteiger partial charge in [0.15, 0.2) is 0 Å². The first-order valence-corrected chi connectivity index (χ1v) is 11.0. The van der Waals surface area contributed by atoms with Crippen molar-refractivity contribution < 1.29 is 14.0 Å². The van der Waals surface area contributed by atoms with E-state index in [0.29, 0.717) is 18.5 Å². The van der Waals surface area contributed by atoms with Gasteiger partial charge in [0.1, 0.15) is 11.9 Å². The van der Waals surface area contributed by atoms with Crippen molar-refractivity contribution in [2.24, 2.45) is 0 Å². The Morgan fingerprint density at radius 3 is 2.09 bits per heavy atom. The minimum absolute atomic E-state index is 0.105. The van der Waals surface area contributed by atoms with E-state index in [1.807, 2.05) is 67.6 Å². The predicted octanol–water partition coefficient (Wildman–Crippen LogP) is 4.53. The van der Waals surface area contributed by atoms with Crippen LogP contribution in [0.3, 0.4) is 0 Å². The Bertz CT molecular complexity index is 1010. The molecule has 0 spiro atoms. The van der Waals surface area contributed by atoms with Crippen LogP contribution in [0, 0.1) is 5.82 Å². The van der Waals surface area contributed by atoms with Crippen molar-refractivity contribution in [2.75, 3.05) is 6.54 Å². The minimum atomic E-state index is -0.705. The Hall–Kier alpha value is -3.47. The third-order valence-corrected chi connectivity index (χ3v) is 5.32. The number of amides is 2. The van der Waals surface area contributed by atoms with Crippen molar-refractivity contribution >= 4 is 11.8 Å². The maximum Gasteiger partial charge on any atom is 0.243 e. The molecule has 1 atom stereocenters. The van der Waals surface area contributed by atoms with E-state index in [9.17, 15) is 14.0 Å². The summed E-state index contributed by atoms with van der Waals surface area (Å²) in [6.45, 7) is 2.79. The van der Waals surface area contributed by atoms with Crippen LogP contribution in [-0.4, -0.2) is 29.3 Å². The fourth-order valence-electron chi connectivity index (χ4n) is 3.61. The van der Waals surface area contributed by atoms with E-state index in [1.54, 1.807) is 23.1 Å². The number of benzene rings is 3. The van der Waals surface area contributed by atoms with Gasteiger partial charge in [0, 0.05) is 19.5 Å². The summed E-state index contributed by atoms with van der Waals surface area (Å²) >= 11 is 0. The van der Waals surface area contributed by atoms with Crippen LogP contribution in [0.15, 0.2) is 84.9 Å². The molecule has 3 aromatic carbocycles. The molecule has 0 saturated heterocycles. The van der Waals surface area contributed by atoms with Gasteiger partial charge in [0.2, 0.25) is 11.8 Å². The molecule has 0 radical (unpaired) electrons. The Kier molecular flexibility index (Phi) is 8.55. The number of rotatable bonds is 10. The Morgan fingerprint density at radius 2 is 1.47 bits per heavy atom. The van der Waals surface area contributed by atoms with Crippen molar-refractivity contribution in [3.63, 3.8) is 0 Å². The summed E-state index contributed by atoms with van der Waals surface area (Å²) in [4.78, 5) is 28.2. The second-order valence-electron chi connectivity index (χ2n) is 7.77. The van der Waals surface area contributed by atoms with E-state index in [-0.39, 0.29) is 24.8 Å². The van der Waals surface area contributed by atoms with E-state index >= 15 is 0 Å². The molecule has 0 aromatic heterocycles. The highest BCUT2D eigenvalue weighted by Gasteiger charge is 2.30. The molecule has 0 aliphatic rings. The Morgan fingerprint density at radius 1 is 0.875 bits per heavy atom. The first-order chi connectivity index (χ1) is 15.6. The normalized spacial score (nSPS) is 11.6. The van der Waals surface area contributed by atoms with E-state index in [4.69, 9.17) is 0 Å². The lowest BCUT2D eigenvalue weighted by Gasteiger charge is -2.31. The zero-order valence-electron chi connectivity index (χ0n) is 18.3. The largest absolute Gasteiger partial charge is 0.354 e. The number of nitrogens with zero attached hydrogens (tertiary/aromatic N) is 1. The van der Waals surface area contributed by atoms with E-state index in [0.717, 1.165) is 17.5 Å². The molecule has 2 amide bonds. The summed E-state index contributed by atoms with van der Waals surface area (Å²) in [5.41, 5.74) is 2.19. The van der Waals surface area contributed by atoms with Gasteiger partial charge >= 0.3 is 0 Å². The summed E-state index contributed by atoms with van der Waals surface area (Å²) in [6.07, 6.45) is 1.07. The second kappa shape index (κ2) is 11.8. The predicted molar refractivity (Wildman–Crippen MR) is 124 cm³/mol. The minimum Gasteiger partial charge on any atom is -0.354 e. The number of halogens is 1. The monoisotopic (exact) mass is 432 g/mol. The molecule has 0 bridgehead atoms. The Labute approximate surface area is 189 Å². The molecule has 5 heteroatoms. The van der Waals surface area contributed by atoms with Gasteiger partial charge < -0.3 is 10.2 Å². The van der Waals surface area contributed by atoms with Crippen LogP contribution >= 0.6 is 0 Å². The average molecular weight is 433 g/mol. The number of nitrogens with one attached hydrogen (secondary N) is 1. The SMILES string of the molecule is CCCNC(=O)[C@@H](Cc1ccccc1)N(Cc1ccccc1)C(=O)Cc1ccccc1F. The van der Waals surface area contributed by atoms with Crippen LogP contribution in [-0.2, 0) is 29.0 Å². The molecule has 0 fully saturated rings. The maximum atomic E-state index is 14.3. The van der Waals surface area contributed by atoms with Crippen LogP contribution in [0.1, 0.15) is 30.0 Å². The molecule has 1 N–H and O–H groups in total. The maximum absolute atomic E-state index is 14.3. The van der Waals surface area contributed by atoms with Gasteiger partial charge in [-0.15, -0.1) is 0 Å².